The fourth-order valence-electron chi connectivity index (χ4n) is 10.8. The Labute approximate surface area is 392 Å². The second kappa shape index (κ2) is 20.3. The van der Waals surface area contributed by atoms with Crippen LogP contribution in [0.25, 0.3) is 0 Å². The van der Waals surface area contributed by atoms with E-state index in [9.17, 15) is 23.6 Å². The second-order valence-electron chi connectivity index (χ2n) is 18.2. The Bertz CT molecular complexity index is 2250. The second-order valence-corrected chi connectivity index (χ2v) is 19.5. The number of carbonyl (C=O) groups excluding carboxylic acids is 6. The Morgan fingerprint density at radius 3 is 1.72 bits per heavy atom. The molecule has 0 radical (unpaired) electrons. The lowest BCUT2D eigenvalue weighted by molar-refractivity contribution is -0.162. The van der Waals surface area contributed by atoms with Crippen LogP contribution in [-0.2, 0) is 47.7 Å². The number of esters is 4. The SMILES string of the molecule is COC(=O)[C@@H]1C[C@H](C(=O)N2[C@@H](C(=O)OC)C[C@@H](C(=O)N3[C@H](C(=O)OC)C[C@H](C(=O)O[C@@H]4C[C@H](C)CC[C@H]4C(C)C)[C@@H]3c3ccc(F)cc3)[C@H]2c2ccc(Cl)cc2)[C@H](c2ccc(Br)cc2)N1. The Hall–Kier alpha value is -4.86. The first-order valence-corrected chi connectivity index (χ1v) is 23.3. The van der Waals surface area contributed by atoms with Crippen molar-refractivity contribution < 1.29 is 52.1 Å². The van der Waals surface area contributed by atoms with Crippen LogP contribution in [0.2, 0.25) is 5.02 Å². The molecule has 1 saturated carbocycles. The van der Waals surface area contributed by atoms with Crippen LogP contribution in [0.1, 0.15) is 94.1 Å². The molecule has 0 spiro atoms. The number of halogens is 3. The Morgan fingerprint density at radius 2 is 1.17 bits per heavy atom. The van der Waals surface area contributed by atoms with Gasteiger partial charge in [0, 0.05) is 15.5 Å². The van der Waals surface area contributed by atoms with Crippen molar-refractivity contribution in [2.45, 2.75) is 102 Å². The standard InChI is InChI=1S/C49H56BrClFN3O10/c1-25(2)33-20-7-26(3)21-40(33)65-46(58)36-24-39(49(61)64-6)55(43(36)29-12-18-32(52)19-13-29)45(57)35-23-38(48(60)63-5)54(42(35)28-10-16-31(51)17-11-28)44(56)34-22-37(47(59)62-4)53-41(34)27-8-14-30(50)15-9-27/h8-19,25-26,33-43,53H,7,20-24H2,1-6H3/t26-,33+,34+,35-,36+,37+,38-,39+,40-,41+,42-,43+/m1/s1. The molecule has 2 amide bonds. The molecule has 13 nitrogen and oxygen atoms in total. The summed E-state index contributed by atoms with van der Waals surface area (Å²) in [4.78, 5) is 89.7. The van der Waals surface area contributed by atoms with Gasteiger partial charge in [-0.3, -0.25) is 24.5 Å². The van der Waals surface area contributed by atoms with Crippen molar-refractivity contribution in [3.63, 3.8) is 0 Å². The predicted octanol–water partition coefficient (Wildman–Crippen LogP) is 7.70. The van der Waals surface area contributed by atoms with Gasteiger partial charge in [-0.05, 0) is 103 Å². The van der Waals surface area contributed by atoms with Crippen LogP contribution < -0.4 is 5.32 Å². The average Bonchev–Trinajstić information content (AvgIpc) is 4.04. The first kappa shape index (κ1) is 48.1. The number of methoxy groups -OCH3 is 3. The maximum absolute atomic E-state index is 15.9. The number of nitrogens with zero attached hydrogens (tertiary/aromatic N) is 2. The van der Waals surface area contributed by atoms with Gasteiger partial charge >= 0.3 is 23.9 Å². The van der Waals surface area contributed by atoms with Crippen molar-refractivity contribution in [2.75, 3.05) is 21.3 Å². The summed E-state index contributed by atoms with van der Waals surface area (Å²) in [6, 6.07) is 12.7. The van der Waals surface area contributed by atoms with E-state index in [0.717, 1.165) is 17.3 Å². The lowest BCUT2D eigenvalue weighted by atomic mass is 9.75. The molecule has 3 heterocycles. The number of hydrogen-bond acceptors (Lipinski definition) is 11. The number of benzene rings is 3. The smallest absolute Gasteiger partial charge is 0.328 e. The van der Waals surface area contributed by atoms with E-state index in [1.54, 1.807) is 24.3 Å². The van der Waals surface area contributed by atoms with E-state index in [-0.39, 0.29) is 31.1 Å². The number of carbonyl (C=O) groups is 6. The summed E-state index contributed by atoms with van der Waals surface area (Å²) < 4.78 is 37.5. The van der Waals surface area contributed by atoms with Gasteiger partial charge in [-0.2, -0.15) is 0 Å². The Morgan fingerprint density at radius 1 is 0.662 bits per heavy atom. The van der Waals surface area contributed by atoms with Crippen LogP contribution in [0, 0.1) is 41.3 Å². The highest BCUT2D eigenvalue weighted by molar-refractivity contribution is 9.10. The van der Waals surface area contributed by atoms with Crippen molar-refractivity contribution in [3.8, 4) is 0 Å². The van der Waals surface area contributed by atoms with Gasteiger partial charge in [-0.1, -0.05) is 91.1 Å². The van der Waals surface area contributed by atoms with E-state index in [0.29, 0.717) is 34.1 Å². The highest BCUT2D eigenvalue weighted by Crippen LogP contribution is 2.51. The summed E-state index contributed by atoms with van der Waals surface area (Å²) in [7, 11) is 3.65. The molecule has 3 aromatic rings. The van der Waals surface area contributed by atoms with Gasteiger partial charge in [0.15, 0.2) is 0 Å². The molecule has 0 aromatic heterocycles. The van der Waals surface area contributed by atoms with Gasteiger partial charge in [-0.25, -0.2) is 14.0 Å². The molecule has 7 rings (SSSR count). The van der Waals surface area contributed by atoms with Gasteiger partial charge in [0.2, 0.25) is 11.8 Å². The fourth-order valence-corrected chi connectivity index (χ4v) is 11.2. The number of ether oxygens (including phenoxy) is 4. The number of hydrogen-bond donors (Lipinski definition) is 1. The largest absolute Gasteiger partial charge is 0.468 e. The van der Waals surface area contributed by atoms with Gasteiger partial charge < -0.3 is 28.7 Å². The van der Waals surface area contributed by atoms with E-state index in [1.807, 2.05) is 24.3 Å². The van der Waals surface area contributed by atoms with Gasteiger partial charge in [0.25, 0.3) is 0 Å². The molecule has 4 aliphatic rings. The van der Waals surface area contributed by atoms with Gasteiger partial charge in [0.1, 0.15) is 30.0 Å². The molecule has 3 saturated heterocycles. The number of nitrogens with one attached hydrogen (secondary N) is 1. The minimum Gasteiger partial charge on any atom is -0.468 e. The third-order valence-corrected chi connectivity index (χ3v) is 14.8. The van der Waals surface area contributed by atoms with Crippen molar-refractivity contribution in [3.05, 3.63) is 105 Å². The normalized spacial score (nSPS) is 29.9. The Kier molecular flexibility index (Phi) is 15.0. The minimum atomic E-state index is -1.31. The molecule has 0 unspecified atom stereocenters. The monoisotopic (exact) mass is 979 g/mol. The Balaban J connectivity index is 1.34. The quantitative estimate of drug-likeness (QED) is 0.148. The lowest BCUT2D eigenvalue weighted by Gasteiger charge is -2.38. The zero-order valence-electron chi connectivity index (χ0n) is 37.3. The summed E-state index contributed by atoms with van der Waals surface area (Å²) in [6.07, 6.45) is 1.76. The van der Waals surface area contributed by atoms with E-state index < -0.39 is 102 Å². The molecule has 1 N–H and O–H groups in total. The van der Waals surface area contributed by atoms with Gasteiger partial charge in [0.05, 0.1) is 51.2 Å². The van der Waals surface area contributed by atoms with Crippen LogP contribution in [0.4, 0.5) is 4.39 Å². The molecule has 0 bridgehead atoms. The first-order chi connectivity index (χ1) is 31.1. The number of likely N-dealkylation sites (tertiary alicyclic amines) is 2. The summed E-state index contributed by atoms with van der Waals surface area (Å²) in [5, 5.41) is 3.65. The maximum Gasteiger partial charge on any atom is 0.328 e. The van der Waals surface area contributed by atoms with Gasteiger partial charge in [-0.15, -0.1) is 0 Å². The van der Waals surface area contributed by atoms with Crippen molar-refractivity contribution in [2.24, 2.45) is 35.5 Å². The lowest BCUT2D eigenvalue weighted by Crippen LogP contribution is -2.48. The zero-order chi connectivity index (χ0) is 46.9. The van der Waals surface area contributed by atoms with Crippen molar-refractivity contribution in [1.82, 2.24) is 15.1 Å². The number of rotatable bonds is 11. The molecule has 3 aromatic carbocycles. The zero-order valence-corrected chi connectivity index (χ0v) is 39.6. The fraction of sp³-hybridized carbons (Fsp3) is 0.510. The average molecular weight is 981 g/mol. The highest BCUT2D eigenvalue weighted by Gasteiger charge is 2.59. The maximum atomic E-state index is 15.9. The van der Waals surface area contributed by atoms with Crippen LogP contribution in [0.15, 0.2) is 77.3 Å². The van der Waals surface area contributed by atoms with E-state index >= 15 is 9.59 Å². The minimum absolute atomic E-state index is 0.00694. The summed E-state index contributed by atoms with van der Waals surface area (Å²) in [5.41, 5.74) is 1.53. The molecule has 348 valence electrons. The third kappa shape index (κ3) is 9.83. The van der Waals surface area contributed by atoms with Crippen molar-refractivity contribution in [1.29, 1.82) is 0 Å². The van der Waals surface area contributed by atoms with E-state index in [4.69, 9.17) is 30.5 Å². The highest BCUT2D eigenvalue weighted by atomic mass is 79.9. The predicted molar refractivity (Wildman–Crippen MR) is 240 cm³/mol. The molecule has 3 aliphatic heterocycles. The van der Waals surface area contributed by atoms with Crippen LogP contribution in [0.5, 0.6) is 0 Å². The molecule has 4 fully saturated rings. The number of amides is 2. The van der Waals surface area contributed by atoms with Crippen LogP contribution in [-0.4, -0.2) is 91.1 Å². The molecular weight excluding hydrogens is 925 g/mol. The molecule has 12 atom stereocenters. The molecule has 1 aliphatic carbocycles. The molecule has 16 heteroatoms. The van der Waals surface area contributed by atoms with Crippen LogP contribution in [0.3, 0.4) is 0 Å². The molecule has 65 heavy (non-hydrogen) atoms. The summed E-state index contributed by atoms with van der Waals surface area (Å²) in [6.45, 7) is 6.32. The van der Waals surface area contributed by atoms with Crippen molar-refractivity contribution >= 4 is 63.2 Å². The van der Waals surface area contributed by atoms with E-state index in [1.165, 1.54) is 55.4 Å². The van der Waals surface area contributed by atoms with E-state index in [2.05, 4.69) is 42.0 Å². The van der Waals surface area contributed by atoms with Crippen LogP contribution >= 0.6 is 27.5 Å². The first-order valence-electron chi connectivity index (χ1n) is 22.2. The topological polar surface area (TPSA) is 158 Å². The molecular formula is C49H56BrClFN3O10. The summed E-state index contributed by atoms with van der Waals surface area (Å²) in [5.74, 6) is -7.04. The summed E-state index contributed by atoms with van der Waals surface area (Å²) >= 11 is 9.86. The third-order valence-electron chi connectivity index (χ3n) is 14.0.